The first-order chi connectivity index (χ1) is 8.46. The molecule has 0 fully saturated rings. The fourth-order valence-corrected chi connectivity index (χ4v) is 3.38. The first kappa shape index (κ1) is 13.1. The average Bonchev–Trinajstić information content (AvgIpc) is 2.29. The van der Waals surface area contributed by atoms with E-state index in [1.807, 2.05) is 0 Å². The topological polar surface area (TPSA) is 72.6 Å². The van der Waals surface area contributed by atoms with Crippen LogP contribution in [-0.2, 0) is 16.2 Å². The molecule has 0 N–H and O–H groups in total. The summed E-state index contributed by atoms with van der Waals surface area (Å²) in [5.74, 6) is 0. The van der Waals surface area contributed by atoms with Crippen molar-refractivity contribution in [2.75, 3.05) is 0 Å². The van der Waals surface area contributed by atoms with E-state index < -0.39 is 9.79 Å². The van der Waals surface area contributed by atoms with Crippen LogP contribution in [0.3, 0.4) is 0 Å². The minimum absolute atomic E-state index is 0.272. The Hall–Kier alpha value is -1.34. The standard InChI is InChI=1S/C11H10N2O3S2/c1-7-12-11(17,6-14)9-4-2-3-8(5-13(15)16)10(9)18-7/h2-4,6,17H,5H2,1H3. The molecular formula is C11H10N2O3S2. The van der Waals surface area contributed by atoms with Crippen molar-refractivity contribution in [2.24, 2.45) is 4.99 Å². The van der Waals surface area contributed by atoms with Crippen LogP contribution in [0.5, 0.6) is 0 Å². The van der Waals surface area contributed by atoms with Crippen molar-refractivity contribution in [2.45, 2.75) is 23.2 Å². The second-order valence-corrected chi connectivity index (χ2v) is 5.75. The van der Waals surface area contributed by atoms with Crippen LogP contribution in [0.4, 0.5) is 0 Å². The zero-order valence-electron chi connectivity index (χ0n) is 9.49. The third-order valence-corrected chi connectivity index (χ3v) is 4.05. The summed E-state index contributed by atoms with van der Waals surface area (Å²) in [5, 5.41) is 11.3. The van der Waals surface area contributed by atoms with Crippen LogP contribution in [0.25, 0.3) is 0 Å². The number of nitro groups is 1. The van der Waals surface area contributed by atoms with E-state index in [9.17, 15) is 14.9 Å². The molecule has 0 aromatic heterocycles. The maximum absolute atomic E-state index is 11.2. The summed E-state index contributed by atoms with van der Waals surface area (Å²) in [4.78, 5) is 25.1. The number of rotatable bonds is 3. The number of nitrogens with zero attached hydrogens (tertiary/aromatic N) is 2. The number of benzene rings is 1. The number of hydrogen-bond donors (Lipinski definition) is 1. The van der Waals surface area contributed by atoms with Gasteiger partial charge in [0.05, 0.1) is 5.04 Å². The van der Waals surface area contributed by atoms with Crippen LogP contribution in [0.2, 0.25) is 0 Å². The Morgan fingerprint density at radius 3 is 2.94 bits per heavy atom. The van der Waals surface area contributed by atoms with Crippen molar-refractivity contribution >= 4 is 35.7 Å². The van der Waals surface area contributed by atoms with Gasteiger partial charge in [0.2, 0.25) is 6.54 Å². The van der Waals surface area contributed by atoms with E-state index in [4.69, 9.17) is 0 Å². The molecule has 0 saturated carbocycles. The minimum atomic E-state index is -1.24. The molecule has 0 bridgehead atoms. The Morgan fingerprint density at radius 2 is 2.33 bits per heavy atom. The number of fused-ring (bicyclic) bond motifs is 1. The Kier molecular flexibility index (Phi) is 3.45. The largest absolute Gasteiger partial charge is 0.299 e. The highest BCUT2D eigenvalue weighted by Crippen LogP contribution is 2.43. The summed E-state index contributed by atoms with van der Waals surface area (Å²) >= 11 is 5.62. The smallest absolute Gasteiger partial charge is 0.230 e. The SMILES string of the molecule is CC1=NC(S)(C=O)c2cccc(C[N+](=O)[O-])c2S1. The highest BCUT2D eigenvalue weighted by atomic mass is 32.2. The van der Waals surface area contributed by atoms with Crippen molar-refractivity contribution < 1.29 is 9.72 Å². The third kappa shape index (κ3) is 2.28. The third-order valence-electron chi connectivity index (χ3n) is 2.53. The van der Waals surface area contributed by atoms with Crippen LogP contribution >= 0.6 is 24.4 Å². The number of thioether (sulfide) groups is 1. The average molecular weight is 282 g/mol. The lowest BCUT2D eigenvalue weighted by atomic mass is 10.0. The summed E-state index contributed by atoms with van der Waals surface area (Å²) in [7, 11) is 0. The molecule has 0 saturated heterocycles. The summed E-state index contributed by atoms with van der Waals surface area (Å²) < 4.78 is 0. The summed E-state index contributed by atoms with van der Waals surface area (Å²) in [6, 6.07) is 5.10. The van der Waals surface area contributed by atoms with Gasteiger partial charge >= 0.3 is 0 Å². The Morgan fingerprint density at radius 1 is 1.61 bits per heavy atom. The van der Waals surface area contributed by atoms with E-state index in [0.29, 0.717) is 27.4 Å². The highest BCUT2D eigenvalue weighted by Gasteiger charge is 2.34. The second-order valence-electron chi connectivity index (χ2n) is 3.86. The molecule has 1 unspecified atom stereocenters. The first-order valence-electron chi connectivity index (χ1n) is 5.13. The van der Waals surface area contributed by atoms with E-state index in [2.05, 4.69) is 17.6 Å². The molecule has 18 heavy (non-hydrogen) atoms. The quantitative estimate of drug-likeness (QED) is 0.399. The fourth-order valence-electron chi connectivity index (χ4n) is 1.82. The van der Waals surface area contributed by atoms with Gasteiger partial charge in [-0.15, -0.1) is 12.6 Å². The van der Waals surface area contributed by atoms with Crippen LogP contribution < -0.4 is 0 Å². The van der Waals surface area contributed by atoms with Gasteiger partial charge in [0.15, 0.2) is 11.2 Å². The zero-order chi connectivity index (χ0) is 13.3. The molecule has 1 aromatic carbocycles. The van der Waals surface area contributed by atoms with Crippen LogP contribution in [-0.4, -0.2) is 16.3 Å². The number of hydrogen-bond acceptors (Lipinski definition) is 6. The predicted molar refractivity (Wildman–Crippen MR) is 72.8 cm³/mol. The van der Waals surface area contributed by atoms with Crippen LogP contribution in [0.1, 0.15) is 18.1 Å². The molecule has 0 spiro atoms. The van der Waals surface area contributed by atoms with Gasteiger partial charge in [0.25, 0.3) is 0 Å². The van der Waals surface area contributed by atoms with Crippen molar-refractivity contribution in [3.05, 3.63) is 39.4 Å². The van der Waals surface area contributed by atoms with Crippen LogP contribution in [0.15, 0.2) is 28.1 Å². The normalized spacial score (nSPS) is 22.0. The highest BCUT2D eigenvalue weighted by molar-refractivity contribution is 8.14. The summed E-state index contributed by atoms with van der Waals surface area (Å²) in [6.45, 7) is 1.48. The van der Waals surface area contributed by atoms with Gasteiger partial charge in [-0.1, -0.05) is 30.0 Å². The van der Waals surface area contributed by atoms with Crippen molar-refractivity contribution in [3.8, 4) is 0 Å². The van der Waals surface area contributed by atoms with Gasteiger partial charge in [0, 0.05) is 20.9 Å². The molecule has 94 valence electrons. The number of aliphatic imine (C=N–C) groups is 1. The molecule has 0 amide bonds. The number of carbonyl (C=O) groups excluding carboxylic acids is 1. The lowest BCUT2D eigenvalue weighted by Crippen LogP contribution is -2.24. The molecule has 1 aliphatic rings. The number of aldehydes is 1. The minimum Gasteiger partial charge on any atom is -0.299 e. The lowest BCUT2D eigenvalue weighted by Gasteiger charge is -2.27. The van der Waals surface area contributed by atoms with Crippen molar-refractivity contribution in [1.29, 1.82) is 0 Å². The van der Waals surface area contributed by atoms with Crippen LogP contribution in [0, 0.1) is 10.1 Å². The Balaban J connectivity index is 2.59. The molecule has 7 heteroatoms. The maximum Gasteiger partial charge on any atom is 0.230 e. The fraction of sp³-hybridized carbons (Fsp3) is 0.273. The zero-order valence-corrected chi connectivity index (χ0v) is 11.2. The molecular weight excluding hydrogens is 272 g/mol. The van der Waals surface area contributed by atoms with E-state index >= 15 is 0 Å². The molecule has 1 atom stereocenters. The second kappa shape index (κ2) is 4.74. The maximum atomic E-state index is 11.2. The number of thiol groups is 1. The predicted octanol–water partition coefficient (Wildman–Crippen LogP) is 2.27. The van der Waals surface area contributed by atoms with Gasteiger partial charge < -0.3 is 0 Å². The van der Waals surface area contributed by atoms with Gasteiger partial charge in [-0.25, -0.2) is 0 Å². The molecule has 5 nitrogen and oxygen atoms in total. The van der Waals surface area contributed by atoms with Gasteiger partial charge in [-0.2, -0.15) is 0 Å². The molecule has 1 aromatic rings. The molecule has 1 aliphatic heterocycles. The Labute approximate surface area is 113 Å². The van der Waals surface area contributed by atoms with Gasteiger partial charge in [-0.3, -0.25) is 19.9 Å². The summed E-state index contributed by atoms with van der Waals surface area (Å²) in [6.07, 6.45) is 0.647. The Bertz CT molecular complexity index is 559. The van der Waals surface area contributed by atoms with Gasteiger partial charge in [-0.05, 0) is 6.92 Å². The van der Waals surface area contributed by atoms with Crippen molar-refractivity contribution in [1.82, 2.24) is 0 Å². The van der Waals surface area contributed by atoms with Gasteiger partial charge in [0.1, 0.15) is 0 Å². The van der Waals surface area contributed by atoms with E-state index in [1.54, 1.807) is 25.1 Å². The number of carbonyl (C=O) groups is 1. The molecule has 1 heterocycles. The van der Waals surface area contributed by atoms with Crippen molar-refractivity contribution in [3.63, 3.8) is 0 Å². The molecule has 0 radical (unpaired) electrons. The monoisotopic (exact) mass is 282 g/mol. The summed E-state index contributed by atoms with van der Waals surface area (Å²) in [5.41, 5.74) is 1.19. The molecule has 2 rings (SSSR count). The lowest BCUT2D eigenvalue weighted by molar-refractivity contribution is -0.497. The van der Waals surface area contributed by atoms with E-state index in [1.165, 1.54) is 11.8 Å². The van der Waals surface area contributed by atoms with E-state index in [0.717, 1.165) is 0 Å². The molecule has 0 aliphatic carbocycles. The van der Waals surface area contributed by atoms with E-state index in [-0.39, 0.29) is 6.54 Å². The first-order valence-corrected chi connectivity index (χ1v) is 6.40.